The second-order valence-corrected chi connectivity index (χ2v) is 16.4. The van der Waals surface area contributed by atoms with Gasteiger partial charge in [-0.3, -0.25) is 0 Å². The normalized spacial score (nSPS) is 12.3. The highest BCUT2D eigenvalue weighted by molar-refractivity contribution is 6.83. The van der Waals surface area contributed by atoms with Crippen LogP contribution >= 0.6 is 0 Å². The summed E-state index contributed by atoms with van der Waals surface area (Å²) in [6.07, 6.45) is 0. The van der Waals surface area contributed by atoms with Crippen LogP contribution in [-0.2, 0) is 0 Å². The molecular formula is C18H36N2Si2. The van der Waals surface area contributed by atoms with Crippen LogP contribution in [0.4, 0.5) is 11.4 Å². The van der Waals surface area contributed by atoms with Crippen molar-refractivity contribution in [2.75, 3.05) is 9.96 Å². The molecule has 1 aromatic rings. The van der Waals surface area contributed by atoms with E-state index in [1.165, 1.54) is 47.6 Å². The van der Waals surface area contributed by atoms with E-state index in [0.29, 0.717) is 0 Å². The summed E-state index contributed by atoms with van der Waals surface area (Å²) in [5.74, 6) is 0. The first kappa shape index (κ1) is 19.3. The zero-order valence-corrected chi connectivity index (χ0v) is 17.6. The molecule has 126 valence electrons. The first-order chi connectivity index (χ1) is 10.5. The molecule has 0 saturated heterocycles. The first-order valence-electron chi connectivity index (χ1n) is 9.19. The van der Waals surface area contributed by atoms with Crippen molar-refractivity contribution >= 4 is 27.8 Å². The van der Waals surface area contributed by atoms with Gasteiger partial charge in [0.2, 0.25) is 0 Å². The summed E-state index contributed by atoms with van der Waals surface area (Å²) in [6.45, 7) is 14.1. The van der Waals surface area contributed by atoms with Crippen LogP contribution in [0.1, 0.15) is 41.5 Å². The maximum absolute atomic E-state index is 3.94. The number of benzene rings is 1. The monoisotopic (exact) mass is 336 g/mol. The van der Waals surface area contributed by atoms with Gasteiger partial charge in [-0.1, -0.05) is 47.6 Å². The predicted molar refractivity (Wildman–Crippen MR) is 108 cm³/mol. The Hall–Kier alpha value is -0.746. The van der Waals surface area contributed by atoms with Gasteiger partial charge in [0, 0.05) is 11.4 Å². The predicted octanol–water partition coefficient (Wildman–Crippen LogP) is 6.52. The van der Waals surface area contributed by atoms with Gasteiger partial charge in [-0.2, -0.15) is 0 Å². The summed E-state index contributed by atoms with van der Waals surface area (Å²) in [5, 5.41) is 0. The molecule has 0 spiro atoms. The molecule has 0 radical (unpaired) electrons. The minimum Gasteiger partial charge on any atom is -0.410 e. The second kappa shape index (κ2) is 8.77. The van der Waals surface area contributed by atoms with E-state index in [1.54, 1.807) is 0 Å². The van der Waals surface area contributed by atoms with Crippen molar-refractivity contribution in [1.82, 2.24) is 0 Å². The average molecular weight is 337 g/mol. The number of anilines is 2. The lowest BCUT2D eigenvalue weighted by atomic mass is 10.3. The fraction of sp³-hybridized carbons (Fsp3) is 0.667. The molecule has 4 heteroatoms. The fourth-order valence-corrected chi connectivity index (χ4v) is 8.91. The quantitative estimate of drug-likeness (QED) is 0.475. The van der Waals surface area contributed by atoms with Crippen molar-refractivity contribution < 1.29 is 0 Å². The highest BCUT2D eigenvalue weighted by Crippen LogP contribution is 2.28. The Morgan fingerprint density at radius 1 is 0.636 bits per heavy atom. The van der Waals surface area contributed by atoms with Crippen LogP contribution in [-0.4, -0.2) is 16.5 Å². The Bertz CT molecular complexity index is 387. The molecule has 1 rings (SSSR count). The highest BCUT2D eigenvalue weighted by Gasteiger charge is 2.28. The molecule has 0 atom stereocenters. The van der Waals surface area contributed by atoms with Crippen LogP contribution in [0.2, 0.25) is 36.3 Å². The first-order valence-corrected chi connectivity index (χ1v) is 14.4. The van der Waals surface area contributed by atoms with E-state index >= 15 is 0 Å². The summed E-state index contributed by atoms with van der Waals surface area (Å²) >= 11 is 0. The Kier molecular flexibility index (Phi) is 7.70. The van der Waals surface area contributed by atoms with Gasteiger partial charge in [0.05, 0.1) is 0 Å². The molecule has 2 nitrogen and oxygen atoms in total. The molecule has 0 aromatic heterocycles. The molecule has 0 unspecified atom stereocenters. The van der Waals surface area contributed by atoms with Crippen molar-refractivity contribution in [3.8, 4) is 0 Å². The number of hydrogen-bond donors (Lipinski definition) is 2. The molecule has 0 aliphatic heterocycles. The molecule has 0 bridgehead atoms. The molecule has 0 aliphatic carbocycles. The van der Waals surface area contributed by atoms with Gasteiger partial charge in [0.1, 0.15) is 0 Å². The Balaban J connectivity index is 2.95. The SMILES string of the molecule is CC[Si](CC)(CC)Nc1cccc(N[Si](CC)(CC)CC)c1. The smallest absolute Gasteiger partial charge is 0.152 e. The third-order valence-corrected chi connectivity index (χ3v) is 15.5. The number of nitrogens with one attached hydrogen (secondary N) is 2. The van der Waals surface area contributed by atoms with Crippen LogP contribution < -0.4 is 9.96 Å². The van der Waals surface area contributed by atoms with Gasteiger partial charge in [0.25, 0.3) is 0 Å². The van der Waals surface area contributed by atoms with E-state index in [-0.39, 0.29) is 0 Å². The zero-order valence-electron chi connectivity index (χ0n) is 15.6. The molecule has 0 heterocycles. The molecule has 22 heavy (non-hydrogen) atoms. The van der Waals surface area contributed by atoms with Gasteiger partial charge in [-0.25, -0.2) is 0 Å². The van der Waals surface area contributed by atoms with Crippen LogP contribution in [0.3, 0.4) is 0 Å². The minimum atomic E-state index is -1.33. The van der Waals surface area contributed by atoms with Crippen LogP contribution in [0.25, 0.3) is 0 Å². The van der Waals surface area contributed by atoms with Gasteiger partial charge < -0.3 is 9.96 Å². The third-order valence-electron chi connectivity index (χ3n) is 5.74. The molecular weight excluding hydrogens is 300 g/mol. The van der Waals surface area contributed by atoms with Crippen LogP contribution in [0.5, 0.6) is 0 Å². The fourth-order valence-electron chi connectivity index (χ4n) is 3.32. The zero-order chi connectivity index (χ0) is 16.6. The lowest BCUT2D eigenvalue weighted by Crippen LogP contribution is -2.42. The Labute approximate surface area is 140 Å². The molecule has 0 saturated carbocycles. The molecule has 0 aliphatic rings. The van der Waals surface area contributed by atoms with E-state index in [9.17, 15) is 0 Å². The molecule has 2 N–H and O–H groups in total. The van der Waals surface area contributed by atoms with Crippen molar-refractivity contribution in [2.45, 2.75) is 77.8 Å². The summed E-state index contributed by atoms with van der Waals surface area (Å²) in [6, 6.07) is 16.8. The third kappa shape index (κ3) is 4.62. The minimum absolute atomic E-state index is 1.30. The van der Waals surface area contributed by atoms with Gasteiger partial charge >= 0.3 is 0 Å². The van der Waals surface area contributed by atoms with Crippen molar-refractivity contribution in [3.63, 3.8) is 0 Å². The lowest BCUT2D eigenvalue weighted by molar-refractivity contribution is 1.16. The Morgan fingerprint density at radius 3 is 1.23 bits per heavy atom. The number of hydrogen-bond acceptors (Lipinski definition) is 2. The Morgan fingerprint density at radius 2 is 0.955 bits per heavy atom. The van der Waals surface area contributed by atoms with Gasteiger partial charge in [0.15, 0.2) is 16.5 Å². The highest BCUT2D eigenvalue weighted by atomic mass is 28.3. The van der Waals surface area contributed by atoms with Gasteiger partial charge in [-0.15, -0.1) is 0 Å². The number of rotatable bonds is 10. The maximum Gasteiger partial charge on any atom is 0.152 e. The van der Waals surface area contributed by atoms with Crippen molar-refractivity contribution in [1.29, 1.82) is 0 Å². The summed E-state index contributed by atoms with van der Waals surface area (Å²) in [4.78, 5) is 7.87. The molecule has 0 fully saturated rings. The lowest BCUT2D eigenvalue weighted by Gasteiger charge is -2.32. The molecule has 1 aromatic carbocycles. The van der Waals surface area contributed by atoms with E-state index in [0.717, 1.165) is 0 Å². The van der Waals surface area contributed by atoms with E-state index < -0.39 is 16.5 Å². The topological polar surface area (TPSA) is 24.1 Å². The van der Waals surface area contributed by atoms with Gasteiger partial charge in [-0.05, 0) is 54.5 Å². The largest absolute Gasteiger partial charge is 0.410 e. The van der Waals surface area contributed by atoms with Crippen LogP contribution in [0, 0.1) is 0 Å². The van der Waals surface area contributed by atoms with Crippen molar-refractivity contribution in [3.05, 3.63) is 24.3 Å². The average Bonchev–Trinajstić information content (AvgIpc) is 2.58. The standard InChI is InChI=1S/C18H36N2Si2/c1-7-21(8-2,9-3)19-17-14-13-15-18(16-17)20-22(10-4,11-5)12-6/h13-16,19-20H,7-12H2,1-6H3. The van der Waals surface area contributed by atoms with Crippen molar-refractivity contribution in [2.24, 2.45) is 0 Å². The summed E-state index contributed by atoms with van der Waals surface area (Å²) in [5.41, 5.74) is 2.63. The summed E-state index contributed by atoms with van der Waals surface area (Å²) in [7, 11) is -2.66. The second-order valence-electron chi connectivity index (χ2n) is 6.51. The summed E-state index contributed by atoms with van der Waals surface area (Å²) < 4.78 is 0. The molecule has 0 amide bonds. The van der Waals surface area contributed by atoms with Crippen LogP contribution in [0.15, 0.2) is 24.3 Å². The van der Waals surface area contributed by atoms with E-state index in [4.69, 9.17) is 0 Å². The van der Waals surface area contributed by atoms with E-state index in [2.05, 4.69) is 75.8 Å². The van der Waals surface area contributed by atoms with E-state index in [1.807, 2.05) is 0 Å². The maximum atomic E-state index is 3.94.